The van der Waals surface area contributed by atoms with Gasteiger partial charge in [-0.25, -0.2) is 4.39 Å². The van der Waals surface area contributed by atoms with Crippen molar-refractivity contribution < 1.29 is 14.0 Å². The van der Waals surface area contributed by atoms with Crippen LogP contribution in [0.1, 0.15) is 56.4 Å². The highest BCUT2D eigenvalue weighted by atomic mass is 19.1. The third-order valence-corrected chi connectivity index (χ3v) is 6.18. The lowest BCUT2D eigenvalue weighted by atomic mass is 9.89. The van der Waals surface area contributed by atoms with Crippen LogP contribution in [-0.2, 0) is 6.54 Å². The molecular weight excluding hydrogens is 417 g/mol. The highest BCUT2D eigenvalue weighted by molar-refractivity contribution is 5.96. The van der Waals surface area contributed by atoms with Gasteiger partial charge in [0.1, 0.15) is 5.82 Å². The van der Waals surface area contributed by atoms with Crippen molar-refractivity contribution in [3.63, 3.8) is 0 Å². The van der Waals surface area contributed by atoms with Gasteiger partial charge in [0, 0.05) is 38.3 Å². The molecule has 4 rings (SSSR count). The second-order valence-corrected chi connectivity index (χ2v) is 8.58. The van der Waals surface area contributed by atoms with E-state index < -0.39 is 5.82 Å². The zero-order valence-corrected chi connectivity index (χ0v) is 19.0. The molecule has 0 saturated carbocycles. The van der Waals surface area contributed by atoms with Crippen LogP contribution in [0.15, 0.2) is 66.7 Å². The summed E-state index contributed by atoms with van der Waals surface area (Å²) in [7, 11) is 1.80. The number of nitrogens with zero attached hydrogens (tertiary/aromatic N) is 3. The van der Waals surface area contributed by atoms with Crippen LogP contribution >= 0.6 is 0 Å². The molecule has 1 saturated heterocycles. The van der Waals surface area contributed by atoms with E-state index in [0.29, 0.717) is 38.0 Å². The number of benzene rings is 2. The smallest absolute Gasteiger partial charge is 0.256 e. The molecule has 0 aliphatic carbocycles. The molecule has 6 heteroatoms. The van der Waals surface area contributed by atoms with E-state index in [-0.39, 0.29) is 23.3 Å². The lowest BCUT2D eigenvalue weighted by molar-refractivity contribution is 0.0702. The molecule has 0 spiro atoms. The molecule has 0 atom stereocenters. The summed E-state index contributed by atoms with van der Waals surface area (Å²) in [5, 5.41) is 0. The summed E-state index contributed by atoms with van der Waals surface area (Å²) in [5.74, 6) is -0.785. The SMILES string of the molecule is Cc1ccc(C(=O)N(C)Cc2ccccc2)c(C2CCN(C(=O)c3ccccc3F)CC2)n1. The van der Waals surface area contributed by atoms with E-state index in [0.717, 1.165) is 17.0 Å². The van der Waals surface area contributed by atoms with E-state index in [2.05, 4.69) is 0 Å². The second kappa shape index (κ2) is 9.94. The number of piperidine rings is 1. The van der Waals surface area contributed by atoms with Gasteiger partial charge in [0.05, 0.1) is 16.8 Å². The molecule has 1 aromatic heterocycles. The van der Waals surface area contributed by atoms with Crippen molar-refractivity contribution in [1.29, 1.82) is 0 Å². The highest BCUT2D eigenvalue weighted by Gasteiger charge is 2.29. The van der Waals surface area contributed by atoms with E-state index in [1.54, 1.807) is 29.0 Å². The predicted molar refractivity (Wildman–Crippen MR) is 125 cm³/mol. The van der Waals surface area contributed by atoms with Crippen molar-refractivity contribution in [2.75, 3.05) is 20.1 Å². The van der Waals surface area contributed by atoms with Crippen molar-refractivity contribution in [1.82, 2.24) is 14.8 Å². The van der Waals surface area contributed by atoms with Gasteiger partial charge in [0.25, 0.3) is 11.8 Å². The fourth-order valence-corrected chi connectivity index (χ4v) is 4.36. The second-order valence-electron chi connectivity index (χ2n) is 8.58. The molecule has 0 N–H and O–H groups in total. The lowest BCUT2D eigenvalue weighted by Crippen LogP contribution is -2.39. The fraction of sp³-hybridized carbons (Fsp3) is 0.296. The Morgan fingerprint density at radius 3 is 2.33 bits per heavy atom. The minimum atomic E-state index is -0.501. The number of aryl methyl sites for hydroxylation is 1. The van der Waals surface area contributed by atoms with Crippen LogP contribution in [0.25, 0.3) is 0 Å². The van der Waals surface area contributed by atoms with Gasteiger partial charge in [-0.05, 0) is 49.6 Å². The first-order chi connectivity index (χ1) is 15.9. The summed E-state index contributed by atoms with van der Waals surface area (Å²) >= 11 is 0. The average Bonchev–Trinajstić information content (AvgIpc) is 2.84. The van der Waals surface area contributed by atoms with Crippen molar-refractivity contribution in [2.24, 2.45) is 0 Å². The third-order valence-electron chi connectivity index (χ3n) is 6.18. The summed E-state index contributed by atoms with van der Waals surface area (Å²) < 4.78 is 14.1. The van der Waals surface area contributed by atoms with Crippen LogP contribution in [0.3, 0.4) is 0 Å². The zero-order chi connectivity index (χ0) is 23.4. The highest BCUT2D eigenvalue weighted by Crippen LogP contribution is 2.31. The molecule has 3 aromatic rings. The van der Waals surface area contributed by atoms with Gasteiger partial charge in [-0.3, -0.25) is 14.6 Å². The van der Waals surface area contributed by atoms with Crippen LogP contribution in [0.4, 0.5) is 4.39 Å². The summed E-state index contributed by atoms with van der Waals surface area (Å²) in [6, 6.07) is 19.7. The molecule has 0 bridgehead atoms. The van der Waals surface area contributed by atoms with E-state index in [1.807, 2.05) is 49.4 Å². The minimum Gasteiger partial charge on any atom is -0.339 e. The summed E-state index contributed by atoms with van der Waals surface area (Å²) in [5.41, 5.74) is 3.42. The number of amides is 2. The number of carbonyl (C=O) groups excluding carboxylic acids is 2. The number of carbonyl (C=O) groups is 2. The van der Waals surface area contributed by atoms with Gasteiger partial charge in [-0.2, -0.15) is 0 Å². The predicted octanol–water partition coefficient (Wildman–Crippen LogP) is 4.82. The first-order valence-corrected chi connectivity index (χ1v) is 11.2. The molecule has 170 valence electrons. The summed E-state index contributed by atoms with van der Waals surface area (Å²) in [6.45, 7) is 3.44. The largest absolute Gasteiger partial charge is 0.339 e. The molecule has 33 heavy (non-hydrogen) atoms. The number of halogens is 1. The number of aromatic nitrogens is 1. The maximum absolute atomic E-state index is 14.1. The average molecular weight is 446 g/mol. The van der Waals surface area contributed by atoms with Gasteiger partial charge in [0.2, 0.25) is 0 Å². The van der Waals surface area contributed by atoms with Crippen molar-refractivity contribution in [3.8, 4) is 0 Å². The number of hydrogen-bond acceptors (Lipinski definition) is 3. The Labute approximate surface area is 193 Å². The first-order valence-electron chi connectivity index (χ1n) is 11.2. The van der Waals surface area contributed by atoms with Crippen LogP contribution in [-0.4, -0.2) is 46.7 Å². The van der Waals surface area contributed by atoms with Crippen LogP contribution in [0.5, 0.6) is 0 Å². The third kappa shape index (κ3) is 5.11. The zero-order valence-electron chi connectivity index (χ0n) is 19.0. The minimum absolute atomic E-state index is 0.0637. The normalized spacial score (nSPS) is 14.2. The van der Waals surface area contributed by atoms with E-state index in [9.17, 15) is 14.0 Å². The van der Waals surface area contributed by atoms with Crippen molar-refractivity contribution in [3.05, 3.63) is 101 Å². The number of likely N-dealkylation sites (tertiary alicyclic amines) is 1. The van der Waals surface area contributed by atoms with Gasteiger partial charge >= 0.3 is 0 Å². The standard InChI is InChI=1S/C27H28FN3O2/c1-19-12-13-23(26(32)30(2)18-20-8-4-3-5-9-20)25(29-19)21-14-16-31(17-15-21)27(33)22-10-6-7-11-24(22)28/h3-13,21H,14-18H2,1-2H3. The number of rotatable bonds is 5. The van der Waals surface area contributed by atoms with Gasteiger partial charge in [-0.1, -0.05) is 42.5 Å². The monoisotopic (exact) mass is 445 g/mol. The van der Waals surface area contributed by atoms with E-state index >= 15 is 0 Å². The Balaban J connectivity index is 1.48. The molecule has 1 aliphatic heterocycles. The van der Waals surface area contributed by atoms with Gasteiger partial charge in [0.15, 0.2) is 0 Å². The number of hydrogen-bond donors (Lipinski definition) is 0. The summed E-state index contributed by atoms with van der Waals surface area (Å²) in [4.78, 5) is 34.2. The van der Waals surface area contributed by atoms with E-state index in [1.165, 1.54) is 12.1 Å². The van der Waals surface area contributed by atoms with Crippen LogP contribution < -0.4 is 0 Å². The molecule has 5 nitrogen and oxygen atoms in total. The first kappa shape index (κ1) is 22.6. The summed E-state index contributed by atoms with van der Waals surface area (Å²) in [6.07, 6.45) is 1.36. The van der Waals surface area contributed by atoms with Crippen LogP contribution in [0.2, 0.25) is 0 Å². The fourth-order valence-electron chi connectivity index (χ4n) is 4.36. The Morgan fingerprint density at radius 2 is 1.64 bits per heavy atom. The maximum atomic E-state index is 14.1. The van der Waals surface area contributed by atoms with Gasteiger partial charge < -0.3 is 9.80 Å². The van der Waals surface area contributed by atoms with Crippen molar-refractivity contribution >= 4 is 11.8 Å². The molecule has 1 fully saturated rings. The molecule has 0 unspecified atom stereocenters. The topological polar surface area (TPSA) is 53.5 Å². The number of pyridine rings is 1. The Hall–Kier alpha value is -3.54. The molecule has 0 radical (unpaired) electrons. The Kier molecular flexibility index (Phi) is 6.82. The molecular formula is C27H28FN3O2. The Bertz CT molecular complexity index is 1140. The van der Waals surface area contributed by atoms with Gasteiger partial charge in [-0.15, -0.1) is 0 Å². The van der Waals surface area contributed by atoms with Crippen molar-refractivity contribution in [2.45, 2.75) is 32.2 Å². The lowest BCUT2D eigenvalue weighted by Gasteiger charge is -2.33. The Morgan fingerprint density at radius 1 is 0.970 bits per heavy atom. The molecule has 2 heterocycles. The molecule has 1 aliphatic rings. The van der Waals surface area contributed by atoms with Crippen LogP contribution in [0, 0.1) is 12.7 Å². The van der Waals surface area contributed by atoms with E-state index in [4.69, 9.17) is 4.98 Å². The molecule has 2 amide bonds. The maximum Gasteiger partial charge on any atom is 0.256 e. The molecule has 2 aromatic carbocycles. The quantitative estimate of drug-likeness (QED) is 0.566.